The van der Waals surface area contributed by atoms with Crippen molar-refractivity contribution in [1.29, 1.82) is 0 Å². The minimum atomic E-state index is -3.54. The number of hydrogen-bond donors (Lipinski definition) is 1. The third-order valence-electron chi connectivity index (χ3n) is 4.51. The van der Waals surface area contributed by atoms with Gasteiger partial charge in [-0.15, -0.1) is 0 Å². The van der Waals surface area contributed by atoms with Crippen LogP contribution in [-0.4, -0.2) is 56.3 Å². The lowest BCUT2D eigenvalue weighted by Gasteiger charge is -2.22. The van der Waals surface area contributed by atoms with E-state index in [9.17, 15) is 13.2 Å². The summed E-state index contributed by atoms with van der Waals surface area (Å²) in [5.74, 6) is 0.225. The Morgan fingerprint density at radius 3 is 2.04 bits per heavy atom. The first-order chi connectivity index (χ1) is 11.5. The molecule has 1 unspecified atom stereocenters. The number of nitrogens with zero attached hydrogens (tertiary/aromatic N) is 2. The summed E-state index contributed by atoms with van der Waals surface area (Å²) in [5.41, 5.74) is 6.48. The Morgan fingerprint density at radius 1 is 1.08 bits per heavy atom. The van der Waals surface area contributed by atoms with Crippen LogP contribution in [0.15, 0.2) is 29.2 Å². The average Bonchev–Trinajstić information content (AvgIpc) is 2.57. The zero-order chi connectivity index (χ0) is 19.4. The van der Waals surface area contributed by atoms with Gasteiger partial charge in [-0.25, -0.2) is 8.42 Å². The van der Waals surface area contributed by atoms with Gasteiger partial charge in [-0.3, -0.25) is 4.79 Å². The van der Waals surface area contributed by atoms with Crippen LogP contribution in [0.2, 0.25) is 0 Å². The molecular formula is C18H31N3O3S. The number of sulfonamides is 1. The normalized spacial score (nSPS) is 13.5. The summed E-state index contributed by atoms with van der Waals surface area (Å²) in [5, 5.41) is 0. The maximum Gasteiger partial charge on any atom is 0.253 e. The highest BCUT2D eigenvalue weighted by atomic mass is 32.2. The molecule has 6 nitrogen and oxygen atoms in total. The molecule has 0 heterocycles. The summed E-state index contributed by atoms with van der Waals surface area (Å²) < 4.78 is 26.2. The molecule has 0 saturated heterocycles. The number of carbonyl (C=O) groups is 1. The van der Waals surface area contributed by atoms with Gasteiger partial charge in [0.2, 0.25) is 10.0 Å². The Balaban J connectivity index is 2.83. The Kier molecular flexibility index (Phi) is 7.59. The summed E-state index contributed by atoms with van der Waals surface area (Å²) in [6.07, 6.45) is 0.728. The fourth-order valence-corrected chi connectivity index (χ4v) is 3.58. The van der Waals surface area contributed by atoms with Crippen molar-refractivity contribution in [1.82, 2.24) is 9.21 Å². The monoisotopic (exact) mass is 369 g/mol. The maximum atomic E-state index is 12.5. The van der Waals surface area contributed by atoms with Crippen LogP contribution in [-0.2, 0) is 10.0 Å². The minimum absolute atomic E-state index is 0.0503. The molecule has 0 aliphatic carbocycles. The zero-order valence-corrected chi connectivity index (χ0v) is 16.9. The van der Waals surface area contributed by atoms with E-state index in [0.29, 0.717) is 18.0 Å². The smallest absolute Gasteiger partial charge is 0.253 e. The van der Waals surface area contributed by atoms with E-state index in [1.165, 1.54) is 16.4 Å². The van der Waals surface area contributed by atoms with Crippen molar-refractivity contribution in [2.45, 2.75) is 51.1 Å². The van der Waals surface area contributed by atoms with Crippen molar-refractivity contribution in [3.8, 4) is 0 Å². The van der Waals surface area contributed by atoms with Crippen molar-refractivity contribution in [3.63, 3.8) is 0 Å². The van der Waals surface area contributed by atoms with E-state index in [1.54, 1.807) is 31.1 Å². The second-order valence-corrected chi connectivity index (χ2v) is 9.06. The van der Waals surface area contributed by atoms with Crippen LogP contribution in [0.25, 0.3) is 0 Å². The van der Waals surface area contributed by atoms with E-state index in [1.807, 2.05) is 13.8 Å². The number of benzene rings is 1. The highest BCUT2D eigenvalue weighted by Crippen LogP contribution is 2.18. The molecule has 142 valence electrons. The van der Waals surface area contributed by atoms with Crippen LogP contribution >= 0.6 is 0 Å². The Morgan fingerprint density at radius 2 is 1.60 bits per heavy atom. The Labute approximate surface area is 152 Å². The first-order valence-corrected chi connectivity index (χ1v) is 10.0. The fraction of sp³-hybridized carbons (Fsp3) is 0.611. The van der Waals surface area contributed by atoms with Gasteiger partial charge in [0, 0.05) is 38.3 Å². The summed E-state index contributed by atoms with van der Waals surface area (Å²) in [7, 11) is -0.265. The first kappa shape index (κ1) is 21.6. The molecule has 0 aliphatic rings. The minimum Gasteiger partial charge on any atom is -0.342 e. The van der Waals surface area contributed by atoms with Crippen LogP contribution < -0.4 is 5.73 Å². The number of carbonyl (C=O) groups excluding carboxylic acids is 1. The number of rotatable bonds is 8. The second kappa shape index (κ2) is 8.78. The van der Waals surface area contributed by atoms with Crippen molar-refractivity contribution in [3.05, 3.63) is 29.8 Å². The lowest BCUT2D eigenvalue weighted by Crippen LogP contribution is -2.35. The molecule has 0 radical (unpaired) electrons. The number of nitrogens with two attached hydrogens (primary N) is 1. The van der Waals surface area contributed by atoms with E-state index in [4.69, 9.17) is 5.73 Å². The summed E-state index contributed by atoms with van der Waals surface area (Å²) in [4.78, 5) is 14.3. The van der Waals surface area contributed by atoms with Crippen molar-refractivity contribution >= 4 is 15.9 Å². The highest BCUT2D eigenvalue weighted by molar-refractivity contribution is 7.89. The molecule has 0 fully saturated rings. The molecule has 25 heavy (non-hydrogen) atoms. The molecule has 0 aliphatic heterocycles. The zero-order valence-electron chi connectivity index (χ0n) is 16.1. The van der Waals surface area contributed by atoms with Gasteiger partial charge in [-0.1, -0.05) is 13.8 Å². The second-order valence-electron chi connectivity index (χ2n) is 7.06. The van der Waals surface area contributed by atoms with Crippen LogP contribution in [0.1, 0.15) is 44.5 Å². The third-order valence-corrected chi connectivity index (χ3v) is 6.55. The maximum absolute atomic E-state index is 12.5. The van der Waals surface area contributed by atoms with Crippen molar-refractivity contribution in [2.24, 2.45) is 11.7 Å². The largest absolute Gasteiger partial charge is 0.342 e. The number of amides is 1. The predicted molar refractivity (Wildman–Crippen MR) is 101 cm³/mol. The summed E-state index contributed by atoms with van der Waals surface area (Å²) in [6.45, 7) is 8.30. The van der Waals surface area contributed by atoms with Crippen LogP contribution in [0, 0.1) is 5.92 Å². The van der Waals surface area contributed by atoms with E-state index >= 15 is 0 Å². The first-order valence-electron chi connectivity index (χ1n) is 8.57. The average molecular weight is 370 g/mol. The molecule has 0 spiro atoms. The van der Waals surface area contributed by atoms with Gasteiger partial charge in [-0.05, 0) is 50.5 Å². The molecule has 0 saturated carbocycles. The van der Waals surface area contributed by atoms with Gasteiger partial charge in [0.15, 0.2) is 0 Å². The molecule has 1 amide bonds. The van der Waals surface area contributed by atoms with Gasteiger partial charge >= 0.3 is 0 Å². The molecule has 2 N–H and O–H groups in total. The molecule has 1 aromatic rings. The number of hydrogen-bond acceptors (Lipinski definition) is 4. The van der Waals surface area contributed by atoms with Gasteiger partial charge in [-0.2, -0.15) is 4.31 Å². The van der Waals surface area contributed by atoms with Gasteiger partial charge in [0.1, 0.15) is 0 Å². The summed E-state index contributed by atoms with van der Waals surface area (Å²) in [6, 6.07) is 5.99. The summed E-state index contributed by atoms with van der Waals surface area (Å²) >= 11 is 0. The molecule has 0 aromatic heterocycles. The van der Waals surface area contributed by atoms with Crippen molar-refractivity contribution < 1.29 is 13.2 Å². The molecule has 1 atom stereocenters. The molecular weight excluding hydrogens is 338 g/mol. The lowest BCUT2D eigenvalue weighted by atomic mass is 10.0. The predicted octanol–water partition coefficient (Wildman–Crippen LogP) is 2.16. The van der Waals surface area contributed by atoms with E-state index in [2.05, 4.69) is 13.8 Å². The van der Waals surface area contributed by atoms with E-state index in [0.717, 1.165) is 6.42 Å². The molecule has 1 rings (SSSR count). The third kappa shape index (κ3) is 5.52. The topological polar surface area (TPSA) is 83.7 Å². The Hall–Kier alpha value is -1.44. The van der Waals surface area contributed by atoms with Crippen LogP contribution in [0.3, 0.4) is 0 Å². The SMILES string of the molecule is CC(C)C(N)CCN(C)C(=O)c1ccc(S(=O)(=O)N(C)C(C)C)cc1. The standard InChI is InChI=1S/C18H31N3O3S/c1-13(2)17(19)11-12-20(5)18(22)15-7-9-16(10-8-15)25(23,24)21(6)14(3)4/h7-10,13-14,17H,11-12,19H2,1-6H3. The highest BCUT2D eigenvalue weighted by Gasteiger charge is 2.23. The fourth-order valence-electron chi connectivity index (χ4n) is 2.21. The molecule has 0 bridgehead atoms. The quantitative estimate of drug-likeness (QED) is 0.761. The van der Waals surface area contributed by atoms with Gasteiger partial charge in [0.25, 0.3) is 5.91 Å². The van der Waals surface area contributed by atoms with Crippen LogP contribution in [0.4, 0.5) is 0 Å². The van der Waals surface area contributed by atoms with Gasteiger partial charge in [0.05, 0.1) is 4.90 Å². The molecule has 7 heteroatoms. The van der Waals surface area contributed by atoms with Crippen LogP contribution in [0.5, 0.6) is 0 Å². The Bertz CT molecular complexity index is 669. The van der Waals surface area contributed by atoms with E-state index < -0.39 is 10.0 Å². The molecule has 1 aromatic carbocycles. The van der Waals surface area contributed by atoms with E-state index in [-0.39, 0.29) is 22.9 Å². The lowest BCUT2D eigenvalue weighted by molar-refractivity contribution is 0.0789. The van der Waals surface area contributed by atoms with Crippen molar-refractivity contribution in [2.75, 3.05) is 20.6 Å². The van der Waals surface area contributed by atoms with Gasteiger partial charge < -0.3 is 10.6 Å².